The van der Waals surface area contributed by atoms with E-state index in [1.54, 1.807) is 12.5 Å². The predicted octanol–water partition coefficient (Wildman–Crippen LogP) is 3.12. The summed E-state index contributed by atoms with van der Waals surface area (Å²) in [5, 5.41) is 0.703. The van der Waals surface area contributed by atoms with E-state index >= 15 is 0 Å². The number of aromatic nitrogens is 4. The quantitative estimate of drug-likeness (QED) is 0.545. The highest BCUT2D eigenvalue weighted by Gasteiger charge is 2.28. The molecule has 0 atom stereocenters. The number of nitrogens with two attached hydrogens (primary N) is 1. The maximum Gasteiger partial charge on any atom is 0.188 e. The molecule has 0 radical (unpaired) electrons. The average Bonchev–Trinajstić information content (AvgIpc) is 3.34. The molecule has 1 aliphatic carbocycles. The van der Waals surface area contributed by atoms with Crippen LogP contribution in [0.5, 0.6) is 0 Å². The van der Waals surface area contributed by atoms with Gasteiger partial charge in [-0.1, -0.05) is 11.8 Å². The minimum Gasteiger partial charge on any atom is -0.463 e. The first-order valence-electron chi connectivity index (χ1n) is 7.92. The summed E-state index contributed by atoms with van der Waals surface area (Å²) in [6.07, 6.45) is 7.56. The fourth-order valence-corrected chi connectivity index (χ4v) is 3.03. The monoisotopic (exact) mass is 339 g/mol. The van der Waals surface area contributed by atoms with Gasteiger partial charge in [-0.25, -0.2) is 19.9 Å². The summed E-state index contributed by atoms with van der Waals surface area (Å²) in [7, 11) is 0. The minimum absolute atomic E-state index is 0.480. The van der Waals surface area contributed by atoms with Gasteiger partial charge in [-0.2, -0.15) is 0 Å². The minimum atomic E-state index is 0.480. The highest BCUT2D eigenvalue weighted by molar-refractivity contribution is 7.99. The first-order valence-corrected chi connectivity index (χ1v) is 8.91. The van der Waals surface area contributed by atoms with Crippen LogP contribution in [0.1, 0.15) is 24.6 Å². The van der Waals surface area contributed by atoms with Crippen LogP contribution < -0.4 is 5.73 Å². The van der Waals surface area contributed by atoms with Crippen molar-refractivity contribution < 1.29 is 4.42 Å². The maximum atomic E-state index is 5.58. The number of thioether (sulfide) groups is 1. The standard InChI is InChI=1S/C17H17N5OS/c18-6-9-24-17-19-7-5-13(21-17)12-10-20-16(11-3-4-11)22-15(12)14-2-1-8-23-14/h1-2,5,7-8,10-11H,3-4,6,9,18H2. The molecule has 4 rings (SSSR count). The molecule has 24 heavy (non-hydrogen) atoms. The topological polar surface area (TPSA) is 90.7 Å². The molecular weight excluding hydrogens is 322 g/mol. The molecule has 0 spiro atoms. The third-order valence-electron chi connectivity index (χ3n) is 3.76. The molecule has 2 N–H and O–H groups in total. The molecule has 1 saturated carbocycles. The Morgan fingerprint density at radius 3 is 2.88 bits per heavy atom. The Balaban J connectivity index is 1.77. The Morgan fingerprint density at radius 2 is 2.12 bits per heavy atom. The van der Waals surface area contributed by atoms with E-state index in [1.165, 1.54) is 11.8 Å². The summed E-state index contributed by atoms with van der Waals surface area (Å²) in [5.74, 6) is 2.88. The smallest absolute Gasteiger partial charge is 0.188 e. The lowest BCUT2D eigenvalue weighted by Gasteiger charge is -2.09. The third kappa shape index (κ3) is 3.18. The first-order chi connectivity index (χ1) is 11.8. The molecule has 0 aromatic carbocycles. The van der Waals surface area contributed by atoms with Crippen LogP contribution in [-0.4, -0.2) is 32.2 Å². The van der Waals surface area contributed by atoms with Crippen molar-refractivity contribution in [2.45, 2.75) is 23.9 Å². The zero-order valence-corrected chi connectivity index (χ0v) is 13.9. The summed E-state index contributed by atoms with van der Waals surface area (Å²) in [6.45, 7) is 0.592. The largest absolute Gasteiger partial charge is 0.463 e. The number of nitrogens with zero attached hydrogens (tertiary/aromatic N) is 4. The Hall–Kier alpha value is -2.25. The third-order valence-corrected chi connectivity index (χ3v) is 4.66. The van der Waals surface area contributed by atoms with Crippen molar-refractivity contribution in [3.05, 3.63) is 42.7 Å². The van der Waals surface area contributed by atoms with Crippen molar-refractivity contribution in [2.24, 2.45) is 5.73 Å². The van der Waals surface area contributed by atoms with Crippen LogP contribution in [0.25, 0.3) is 22.7 Å². The van der Waals surface area contributed by atoms with E-state index in [-0.39, 0.29) is 0 Å². The van der Waals surface area contributed by atoms with Gasteiger partial charge in [0.1, 0.15) is 11.5 Å². The predicted molar refractivity (Wildman–Crippen MR) is 92.5 cm³/mol. The van der Waals surface area contributed by atoms with Crippen LogP contribution >= 0.6 is 11.8 Å². The van der Waals surface area contributed by atoms with Gasteiger partial charge in [0.15, 0.2) is 10.9 Å². The number of hydrogen-bond acceptors (Lipinski definition) is 7. The van der Waals surface area contributed by atoms with Gasteiger partial charge in [0.05, 0.1) is 12.0 Å². The molecule has 1 aliphatic rings. The molecule has 3 aromatic heterocycles. The van der Waals surface area contributed by atoms with E-state index in [1.807, 2.05) is 24.4 Å². The SMILES string of the molecule is NCCSc1nccc(-c2cnc(C3CC3)nc2-c2ccco2)n1. The lowest BCUT2D eigenvalue weighted by molar-refractivity contribution is 0.579. The molecule has 3 aromatic rings. The van der Waals surface area contributed by atoms with Gasteiger partial charge in [-0.3, -0.25) is 0 Å². The molecule has 0 amide bonds. The molecule has 0 unspecified atom stereocenters. The molecule has 0 aliphatic heterocycles. The second-order valence-electron chi connectivity index (χ2n) is 5.60. The lowest BCUT2D eigenvalue weighted by atomic mass is 10.1. The Morgan fingerprint density at radius 1 is 1.21 bits per heavy atom. The molecular formula is C17H17N5OS. The average molecular weight is 339 g/mol. The van der Waals surface area contributed by atoms with Crippen molar-refractivity contribution >= 4 is 11.8 Å². The molecule has 6 nitrogen and oxygen atoms in total. The van der Waals surface area contributed by atoms with Gasteiger partial charge in [-0.15, -0.1) is 0 Å². The number of furan rings is 1. The van der Waals surface area contributed by atoms with E-state index in [2.05, 4.69) is 15.0 Å². The van der Waals surface area contributed by atoms with Crippen LogP contribution in [0.3, 0.4) is 0 Å². The molecule has 3 heterocycles. The van der Waals surface area contributed by atoms with Crippen molar-refractivity contribution in [2.75, 3.05) is 12.3 Å². The number of hydrogen-bond donors (Lipinski definition) is 1. The fourth-order valence-electron chi connectivity index (χ4n) is 2.43. The fraction of sp³-hybridized carbons (Fsp3) is 0.294. The Labute approximate surface area is 144 Å². The summed E-state index contributed by atoms with van der Waals surface area (Å²) in [5.41, 5.74) is 7.98. The Kier molecular flexibility index (Phi) is 4.27. The highest BCUT2D eigenvalue weighted by Crippen LogP contribution is 2.40. The molecule has 122 valence electrons. The van der Waals surface area contributed by atoms with Crippen molar-refractivity contribution in [1.29, 1.82) is 0 Å². The van der Waals surface area contributed by atoms with Crippen LogP contribution in [0.4, 0.5) is 0 Å². The number of rotatable bonds is 6. The molecule has 0 saturated heterocycles. The normalized spacial score (nSPS) is 14.0. The highest BCUT2D eigenvalue weighted by atomic mass is 32.2. The molecule has 0 bridgehead atoms. The van der Waals surface area contributed by atoms with Gasteiger partial charge < -0.3 is 10.2 Å². The summed E-state index contributed by atoms with van der Waals surface area (Å²) in [4.78, 5) is 18.2. The first kappa shape index (κ1) is 15.3. The van der Waals surface area contributed by atoms with Crippen LogP contribution in [0, 0.1) is 0 Å². The summed E-state index contributed by atoms with van der Waals surface area (Å²) < 4.78 is 5.58. The zero-order valence-electron chi connectivity index (χ0n) is 13.1. The second kappa shape index (κ2) is 6.70. The molecule has 7 heteroatoms. The van der Waals surface area contributed by atoms with Gasteiger partial charge in [0.2, 0.25) is 0 Å². The van der Waals surface area contributed by atoms with E-state index < -0.39 is 0 Å². The van der Waals surface area contributed by atoms with Crippen LogP contribution in [0.15, 0.2) is 46.4 Å². The van der Waals surface area contributed by atoms with Crippen molar-refractivity contribution in [1.82, 2.24) is 19.9 Å². The zero-order chi connectivity index (χ0) is 16.4. The van der Waals surface area contributed by atoms with Crippen molar-refractivity contribution in [3.63, 3.8) is 0 Å². The van der Waals surface area contributed by atoms with E-state index in [9.17, 15) is 0 Å². The van der Waals surface area contributed by atoms with Gasteiger partial charge in [0, 0.05) is 36.2 Å². The molecule has 1 fully saturated rings. The van der Waals surface area contributed by atoms with Crippen molar-refractivity contribution in [3.8, 4) is 22.7 Å². The summed E-state index contributed by atoms with van der Waals surface area (Å²) >= 11 is 1.54. The van der Waals surface area contributed by atoms with Crippen LogP contribution in [-0.2, 0) is 0 Å². The van der Waals surface area contributed by atoms with Gasteiger partial charge in [0.25, 0.3) is 0 Å². The lowest BCUT2D eigenvalue weighted by Crippen LogP contribution is -2.03. The maximum absolute atomic E-state index is 5.58. The van der Waals surface area contributed by atoms with Crippen LogP contribution in [0.2, 0.25) is 0 Å². The Bertz CT molecular complexity index is 833. The van der Waals surface area contributed by atoms with Gasteiger partial charge >= 0.3 is 0 Å². The second-order valence-corrected chi connectivity index (χ2v) is 6.67. The van der Waals surface area contributed by atoms with E-state index in [0.717, 1.165) is 47.1 Å². The van der Waals surface area contributed by atoms with E-state index in [0.29, 0.717) is 17.6 Å². The van der Waals surface area contributed by atoms with E-state index in [4.69, 9.17) is 15.1 Å². The van der Waals surface area contributed by atoms with Gasteiger partial charge in [-0.05, 0) is 31.0 Å². The summed E-state index contributed by atoms with van der Waals surface area (Å²) in [6, 6.07) is 5.64.